The summed E-state index contributed by atoms with van der Waals surface area (Å²) in [6.45, 7) is 6.66. The van der Waals surface area contributed by atoms with Gasteiger partial charge in [-0.05, 0) is 50.1 Å². The molecule has 2 aromatic rings. The summed E-state index contributed by atoms with van der Waals surface area (Å²) in [5.74, 6) is -0.393. The van der Waals surface area contributed by atoms with Gasteiger partial charge in [-0.25, -0.2) is 4.39 Å². The maximum absolute atomic E-state index is 13.2. The largest absolute Gasteiger partial charge is 0.354 e. The Kier molecular flexibility index (Phi) is 9.19. The molecule has 4 nitrogen and oxygen atoms in total. The minimum absolute atomic E-state index is 0.127. The summed E-state index contributed by atoms with van der Waals surface area (Å²) in [5.41, 5.74) is 1.95. The Balaban J connectivity index is 2.08. The fourth-order valence-corrected chi connectivity index (χ4v) is 3.55. The summed E-state index contributed by atoms with van der Waals surface area (Å²) < 4.78 is 13.2. The van der Waals surface area contributed by atoms with Crippen molar-refractivity contribution in [3.8, 4) is 0 Å². The Morgan fingerprint density at radius 3 is 2.38 bits per heavy atom. The number of hydrogen-bond donors (Lipinski definition) is 1. The summed E-state index contributed by atoms with van der Waals surface area (Å²) in [4.78, 5) is 28.1. The van der Waals surface area contributed by atoms with Crippen molar-refractivity contribution in [2.45, 2.75) is 51.1 Å². The first-order chi connectivity index (χ1) is 13.9. The molecule has 29 heavy (non-hydrogen) atoms. The van der Waals surface area contributed by atoms with E-state index in [-0.39, 0.29) is 29.9 Å². The fraction of sp³-hybridized carbons (Fsp3) is 0.391. The minimum Gasteiger partial charge on any atom is -0.354 e. The number of halogens is 1. The average molecular weight is 417 g/mol. The number of benzene rings is 2. The second-order valence-electron chi connectivity index (χ2n) is 7.07. The lowest BCUT2D eigenvalue weighted by molar-refractivity contribution is -0.138. The molecule has 1 atom stereocenters. The Morgan fingerprint density at radius 2 is 1.76 bits per heavy atom. The van der Waals surface area contributed by atoms with Crippen LogP contribution in [-0.2, 0) is 16.1 Å². The molecule has 0 bridgehead atoms. The van der Waals surface area contributed by atoms with Gasteiger partial charge in [-0.3, -0.25) is 9.59 Å². The number of unbranched alkanes of at least 4 members (excludes halogenated alkanes) is 1. The maximum Gasteiger partial charge on any atom is 0.242 e. The van der Waals surface area contributed by atoms with E-state index in [1.807, 2.05) is 31.2 Å². The molecule has 0 saturated heterocycles. The van der Waals surface area contributed by atoms with E-state index in [0.29, 0.717) is 6.54 Å². The number of nitrogens with one attached hydrogen (secondary N) is 1. The molecule has 0 heterocycles. The number of nitrogens with zero attached hydrogens (tertiary/aromatic N) is 1. The van der Waals surface area contributed by atoms with Crippen molar-refractivity contribution in [1.82, 2.24) is 10.2 Å². The first kappa shape index (κ1) is 22.9. The highest BCUT2D eigenvalue weighted by Crippen LogP contribution is 2.20. The quantitative estimate of drug-likeness (QED) is 0.456. The van der Waals surface area contributed by atoms with E-state index in [0.717, 1.165) is 28.9 Å². The van der Waals surface area contributed by atoms with Gasteiger partial charge in [0, 0.05) is 18.0 Å². The number of thioether (sulfide) groups is 1. The lowest BCUT2D eigenvalue weighted by atomic mass is 10.1. The van der Waals surface area contributed by atoms with Crippen LogP contribution in [0.4, 0.5) is 4.39 Å². The highest BCUT2D eigenvalue weighted by atomic mass is 32.2. The van der Waals surface area contributed by atoms with Crippen molar-refractivity contribution in [2.75, 3.05) is 12.3 Å². The Morgan fingerprint density at radius 1 is 1.10 bits per heavy atom. The predicted octanol–water partition coefficient (Wildman–Crippen LogP) is 4.56. The normalized spacial score (nSPS) is 11.7. The van der Waals surface area contributed by atoms with Gasteiger partial charge in [0.25, 0.3) is 0 Å². The highest BCUT2D eigenvalue weighted by Gasteiger charge is 2.26. The van der Waals surface area contributed by atoms with Gasteiger partial charge in [-0.2, -0.15) is 0 Å². The SMILES string of the molecule is CCCCNC(=O)C(C)N(Cc1ccc(F)cc1)C(=O)CSc1ccc(C)cc1. The van der Waals surface area contributed by atoms with Gasteiger partial charge in [-0.15, -0.1) is 11.8 Å². The number of amides is 2. The van der Waals surface area contributed by atoms with Gasteiger partial charge in [0.05, 0.1) is 5.75 Å². The van der Waals surface area contributed by atoms with Crippen molar-refractivity contribution in [2.24, 2.45) is 0 Å². The van der Waals surface area contributed by atoms with E-state index in [2.05, 4.69) is 12.2 Å². The summed E-state index contributed by atoms with van der Waals surface area (Å²) >= 11 is 1.45. The van der Waals surface area contributed by atoms with Crippen LogP contribution in [0.15, 0.2) is 53.4 Å². The van der Waals surface area contributed by atoms with Crippen LogP contribution in [0.2, 0.25) is 0 Å². The molecule has 1 N–H and O–H groups in total. The molecule has 0 aliphatic heterocycles. The monoisotopic (exact) mass is 416 g/mol. The van der Waals surface area contributed by atoms with Crippen molar-refractivity contribution < 1.29 is 14.0 Å². The maximum atomic E-state index is 13.2. The number of carbonyl (C=O) groups excluding carboxylic acids is 2. The lowest BCUT2D eigenvalue weighted by Gasteiger charge is -2.28. The molecule has 0 fully saturated rings. The molecule has 0 aromatic heterocycles. The molecule has 0 radical (unpaired) electrons. The standard InChI is InChI=1S/C23H29FN2O2S/c1-4-5-14-25-23(28)18(3)26(15-19-8-10-20(24)11-9-19)22(27)16-29-21-12-6-17(2)7-13-21/h6-13,18H,4-5,14-16H2,1-3H3,(H,25,28). The van der Waals surface area contributed by atoms with Gasteiger partial charge < -0.3 is 10.2 Å². The summed E-state index contributed by atoms with van der Waals surface area (Å²) in [6, 6.07) is 13.4. The van der Waals surface area contributed by atoms with Gasteiger partial charge in [0.15, 0.2) is 0 Å². The number of rotatable bonds is 10. The molecular formula is C23H29FN2O2S. The zero-order chi connectivity index (χ0) is 21.2. The van der Waals surface area contributed by atoms with E-state index in [9.17, 15) is 14.0 Å². The number of aryl methyl sites for hydroxylation is 1. The van der Waals surface area contributed by atoms with E-state index in [4.69, 9.17) is 0 Å². The van der Waals surface area contributed by atoms with E-state index < -0.39 is 6.04 Å². The molecule has 156 valence electrons. The van der Waals surface area contributed by atoms with Crippen molar-refractivity contribution in [3.05, 3.63) is 65.5 Å². The van der Waals surface area contributed by atoms with Crippen LogP contribution in [0.25, 0.3) is 0 Å². The topological polar surface area (TPSA) is 49.4 Å². The first-order valence-electron chi connectivity index (χ1n) is 9.91. The van der Waals surface area contributed by atoms with Gasteiger partial charge in [0.1, 0.15) is 11.9 Å². The van der Waals surface area contributed by atoms with Gasteiger partial charge in [-0.1, -0.05) is 43.2 Å². The van der Waals surface area contributed by atoms with Crippen molar-refractivity contribution in [1.29, 1.82) is 0 Å². The molecule has 2 aromatic carbocycles. The molecule has 0 spiro atoms. The van der Waals surface area contributed by atoms with Crippen molar-refractivity contribution in [3.63, 3.8) is 0 Å². The van der Waals surface area contributed by atoms with Crippen LogP contribution < -0.4 is 5.32 Å². The second-order valence-corrected chi connectivity index (χ2v) is 8.12. The highest BCUT2D eigenvalue weighted by molar-refractivity contribution is 8.00. The zero-order valence-corrected chi connectivity index (χ0v) is 18.1. The van der Waals surface area contributed by atoms with E-state index in [1.54, 1.807) is 24.0 Å². The van der Waals surface area contributed by atoms with Crippen LogP contribution in [-0.4, -0.2) is 35.1 Å². The Bertz CT molecular complexity index is 794. The van der Waals surface area contributed by atoms with Crippen LogP contribution in [0.3, 0.4) is 0 Å². The molecule has 1 unspecified atom stereocenters. The third kappa shape index (κ3) is 7.54. The number of hydrogen-bond acceptors (Lipinski definition) is 3. The fourth-order valence-electron chi connectivity index (χ4n) is 2.77. The van der Waals surface area contributed by atoms with E-state index in [1.165, 1.54) is 23.9 Å². The average Bonchev–Trinajstić information content (AvgIpc) is 2.72. The van der Waals surface area contributed by atoms with Crippen LogP contribution in [0, 0.1) is 12.7 Å². The molecular weight excluding hydrogens is 387 g/mol. The lowest BCUT2D eigenvalue weighted by Crippen LogP contribution is -2.48. The molecule has 0 aliphatic rings. The third-order valence-corrected chi connectivity index (χ3v) is 5.64. The smallest absolute Gasteiger partial charge is 0.242 e. The summed E-state index contributed by atoms with van der Waals surface area (Å²) in [6.07, 6.45) is 1.88. The molecule has 0 saturated carbocycles. The Labute approximate surface area is 176 Å². The van der Waals surface area contributed by atoms with Gasteiger partial charge in [0.2, 0.25) is 11.8 Å². The number of carbonyl (C=O) groups is 2. The molecule has 0 aliphatic carbocycles. The van der Waals surface area contributed by atoms with Crippen LogP contribution in [0.1, 0.15) is 37.8 Å². The molecule has 2 amide bonds. The predicted molar refractivity (Wildman–Crippen MR) is 116 cm³/mol. The molecule has 6 heteroatoms. The van der Waals surface area contributed by atoms with Gasteiger partial charge >= 0.3 is 0 Å². The van der Waals surface area contributed by atoms with E-state index >= 15 is 0 Å². The third-order valence-electron chi connectivity index (χ3n) is 4.65. The zero-order valence-electron chi connectivity index (χ0n) is 17.3. The van der Waals surface area contributed by atoms with Crippen LogP contribution >= 0.6 is 11.8 Å². The van der Waals surface area contributed by atoms with Crippen LogP contribution in [0.5, 0.6) is 0 Å². The first-order valence-corrected chi connectivity index (χ1v) is 10.9. The molecule has 2 rings (SSSR count). The van der Waals surface area contributed by atoms with Crippen molar-refractivity contribution >= 4 is 23.6 Å². The summed E-state index contributed by atoms with van der Waals surface area (Å²) in [7, 11) is 0. The summed E-state index contributed by atoms with van der Waals surface area (Å²) in [5, 5.41) is 2.89. The minimum atomic E-state index is -0.608. The second kappa shape index (κ2) is 11.6. The Hall–Kier alpha value is -2.34.